The van der Waals surface area contributed by atoms with Crippen LogP contribution in [0, 0.1) is 0 Å². The average Bonchev–Trinajstić information content (AvgIpc) is 2.84. The Morgan fingerprint density at radius 3 is 2.58 bits per heavy atom. The third-order valence-corrected chi connectivity index (χ3v) is 7.86. The van der Waals surface area contributed by atoms with Gasteiger partial charge in [0.05, 0.1) is 43.3 Å². The number of aliphatic hydroxyl groups excluding tert-OH is 1. The fourth-order valence-corrected chi connectivity index (χ4v) is 5.77. The number of fused-ring (bicyclic) bond motifs is 1. The smallest absolute Gasteiger partial charge is 0.240 e. The first-order chi connectivity index (χ1) is 15.9. The van der Waals surface area contributed by atoms with Crippen molar-refractivity contribution in [3.63, 3.8) is 0 Å². The van der Waals surface area contributed by atoms with Crippen molar-refractivity contribution in [2.75, 3.05) is 20.3 Å². The van der Waals surface area contributed by atoms with E-state index in [2.05, 4.69) is 10.8 Å². The minimum atomic E-state index is -3.79. The molecule has 178 valence electrons. The second-order valence-electron chi connectivity index (χ2n) is 8.50. The molecule has 1 saturated heterocycles. The highest BCUT2D eigenvalue weighted by atomic mass is 32.2. The highest BCUT2D eigenvalue weighted by Gasteiger charge is 2.35. The van der Waals surface area contributed by atoms with Crippen LogP contribution in [-0.4, -0.2) is 62.8 Å². The lowest BCUT2D eigenvalue weighted by Crippen LogP contribution is -2.51. The van der Waals surface area contributed by atoms with Crippen molar-refractivity contribution in [1.29, 1.82) is 0 Å². The van der Waals surface area contributed by atoms with Crippen molar-refractivity contribution >= 4 is 15.9 Å². The number of hydrogen-bond acceptors (Lipinski definition) is 6. The summed E-state index contributed by atoms with van der Waals surface area (Å²) in [5, 5.41) is 9.84. The van der Waals surface area contributed by atoms with Gasteiger partial charge in [-0.3, -0.25) is 4.79 Å². The van der Waals surface area contributed by atoms with Gasteiger partial charge in [0, 0.05) is 13.1 Å². The summed E-state index contributed by atoms with van der Waals surface area (Å²) in [5.41, 5.74) is 2.45. The molecule has 1 fully saturated rings. The number of ether oxygens (including phenoxy) is 2. The first kappa shape index (κ1) is 23.7. The highest BCUT2D eigenvalue weighted by molar-refractivity contribution is 7.89. The second-order valence-corrected chi connectivity index (χ2v) is 10.2. The number of benzene rings is 2. The van der Waals surface area contributed by atoms with Crippen molar-refractivity contribution in [2.45, 2.75) is 55.4 Å². The molecular formula is C24H30N2O6S. The van der Waals surface area contributed by atoms with E-state index in [1.165, 1.54) is 30.4 Å². The number of methoxy groups -OCH3 is 1. The maximum Gasteiger partial charge on any atom is 0.240 e. The fourth-order valence-electron chi connectivity index (χ4n) is 4.47. The Morgan fingerprint density at radius 1 is 1.15 bits per heavy atom. The normalized spacial score (nSPS) is 23.1. The van der Waals surface area contributed by atoms with Gasteiger partial charge >= 0.3 is 0 Å². The van der Waals surface area contributed by atoms with E-state index in [9.17, 15) is 18.3 Å². The third kappa shape index (κ3) is 5.55. The zero-order valence-corrected chi connectivity index (χ0v) is 19.5. The number of nitrogens with one attached hydrogen (secondary N) is 1. The largest absolute Gasteiger partial charge is 0.497 e. The van der Waals surface area contributed by atoms with E-state index in [1.807, 2.05) is 23.1 Å². The van der Waals surface area contributed by atoms with Crippen molar-refractivity contribution < 1.29 is 27.8 Å². The molecule has 1 amide bonds. The van der Waals surface area contributed by atoms with Crippen molar-refractivity contribution in [1.82, 2.24) is 9.62 Å². The molecule has 2 aliphatic heterocycles. The monoisotopic (exact) mass is 474 g/mol. The Hall–Kier alpha value is -2.46. The maximum atomic E-state index is 12.9. The van der Waals surface area contributed by atoms with E-state index < -0.39 is 22.2 Å². The van der Waals surface area contributed by atoms with E-state index in [0.29, 0.717) is 31.7 Å². The van der Waals surface area contributed by atoms with Crippen LogP contribution < -0.4 is 9.46 Å². The van der Waals surface area contributed by atoms with E-state index in [4.69, 9.17) is 9.47 Å². The summed E-state index contributed by atoms with van der Waals surface area (Å²) in [6.07, 6.45) is 0.989. The first-order valence-corrected chi connectivity index (χ1v) is 12.6. The van der Waals surface area contributed by atoms with Gasteiger partial charge in [-0.25, -0.2) is 13.1 Å². The van der Waals surface area contributed by atoms with Crippen LogP contribution in [0.25, 0.3) is 0 Å². The first-order valence-electron chi connectivity index (χ1n) is 11.2. The standard InChI is InChI=1S/C24H30N2O6S/c1-31-19-6-9-21(10-7-19)33(29,30)25-22-11-8-20(32-23(22)16-27)14-24(28)26-13-12-17-4-2-3-5-18(17)15-26/h2-7,9-10,20,22-23,25,27H,8,11-16H2,1H3/t20-,22+,23-/m1/s1. The maximum absolute atomic E-state index is 12.9. The Bertz CT molecular complexity index is 1070. The third-order valence-electron chi connectivity index (χ3n) is 6.36. The van der Waals surface area contributed by atoms with Crippen LogP contribution in [0.15, 0.2) is 53.4 Å². The lowest BCUT2D eigenvalue weighted by molar-refractivity contribution is -0.140. The predicted molar refractivity (Wildman–Crippen MR) is 122 cm³/mol. The Balaban J connectivity index is 1.34. The molecule has 0 radical (unpaired) electrons. The molecule has 0 saturated carbocycles. The molecule has 4 rings (SSSR count). The molecule has 8 nitrogen and oxygen atoms in total. The van der Waals surface area contributed by atoms with Gasteiger partial charge in [0.1, 0.15) is 5.75 Å². The fraction of sp³-hybridized carbons (Fsp3) is 0.458. The number of amides is 1. The molecule has 3 atom stereocenters. The van der Waals surface area contributed by atoms with Crippen molar-refractivity contribution in [2.24, 2.45) is 0 Å². The van der Waals surface area contributed by atoms with Crippen LogP contribution in [0.5, 0.6) is 5.75 Å². The molecule has 0 unspecified atom stereocenters. The minimum Gasteiger partial charge on any atom is -0.497 e. The summed E-state index contributed by atoms with van der Waals surface area (Å²) in [4.78, 5) is 14.8. The van der Waals surface area contributed by atoms with Gasteiger partial charge in [0.15, 0.2) is 0 Å². The zero-order valence-electron chi connectivity index (χ0n) is 18.6. The average molecular weight is 475 g/mol. The molecule has 2 N–H and O–H groups in total. The van der Waals surface area contributed by atoms with E-state index >= 15 is 0 Å². The number of hydrogen-bond donors (Lipinski definition) is 2. The highest BCUT2D eigenvalue weighted by Crippen LogP contribution is 2.26. The molecule has 0 aliphatic carbocycles. The van der Waals surface area contributed by atoms with Gasteiger partial charge in [-0.15, -0.1) is 0 Å². The van der Waals surface area contributed by atoms with E-state index in [-0.39, 0.29) is 29.9 Å². The molecule has 2 heterocycles. The van der Waals surface area contributed by atoms with Crippen LogP contribution in [0.3, 0.4) is 0 Å². The molecule has 9 heteroatoms. The molecule has 2 aliphatic rings. The van der Waals surface area contributed by atoms with Gasteiger partial charge < -0.3 is 19.5 Å². The zero-order chi connectivity index (χ0) is 23.4. The van der Waals surface area contributed by atoms with Gasteiger partial charge in [-0.05, 0) is 54.7 Å². The van der Waals surface area contributed by atoms with Crippen LogP contribution >= 0.6 is 0 Å². The van der Waals surface area contributed by atoms with Crippen molar-refractivity contribution in [3.05, 3.63) is 59.7 Å². The molecular weight excluding hydrogens is 444 g/mol. The van der Waals surface area contributed by atoms with Crippen molar-refractivity contribution in [3.8, 4) is 5.75 Å². The number of rotatable bonds is 7. The SMILES string of the molecule is COc1ccc(S(=O)(=O)N[C@H]2CC[C@H](CC(=O)N3CCc4ccccc4C3)O[C@@H]2CO)cc1. The Labute approximate surface area is 194 Å². The van der Waals surface area contributed by atoms with Crippen LogP contribution in [-0.2, 0) is 32.5 Å². The number of carbonyl (C=O) groups is 1. The summed E-state index contributed by atoms with van der Waals surface area (Å²) in [5.74, 6) is 0.580. The van der Waals surface area contributed by atoms with Gasteiger partial charge in [0.25, 0.3) is 0 Å². The molecule has 0 spiro atoms. The predicted octanol–water partition coefficient (Wildman–Crippen LogP) is 1.86. The number of sulfonamides is 1. The summed E-state index contributed by atoms with van der Waals surface area (Å²) >= 11 is 0. The van der Waals surface area contributed by atoms with Crippen LogP contribution in [0.4, 0.5) is 0 Å². The lowest BCUT2D eigenvalue weighted by Gasteiger charge is -2.37. The quantitative estimate of drug-likeness (QED) is 0.635. The van der Waals surface area contributed by atoms with E-state index in [0.717, 1.165) is 6.42 Å². The van der Waals surface area contributed by atoms with E-state index in [1.54, 1.807) is 12.1 Å². The van der Waals surface area contributed by atoms with Crippen LogP contribution in [0.1, 0.15) is 30.4 Å². The summed E-state index contributed by atoms with van der Waals surface area (Å²) < 4.78 is 39.2. The molecule has 0 bridgehead atoms. The van der Waals surface area contributed by atoms with Gasteiger partial charge in [-0.2, -0.15) is 0 Å². The topological polar surface area (TPSA) is 105 Å². The Kier molecular flexibility index (Phi) is 7.33. The number of nitrogens with zero attached hydrogens (tertiary/aromatic N) is 1. The Morgan fingerprint density at radius 2 is 1.88 bits per heavy atom. The minimum absolute atomic E-state index is 0.0171. The molecule has 2 aromatic rings. The number of carbonyl (C=O) groups excluding carboxylic acids is 1. The lowest BCUT2D eigenvalue weighted by atomic mass is 9.96. The van der Waals surface area contributed by atoms with Crippen LogP contribution in [0.2, 0.25) is 0 Å². The molecule has 33 heavy (non-hydrogen) atoms. The van der Waals surface area contributed by atoms with Gasteiger partial charge in [0.2, 0.25) is 15.9 Å². The second kappa shape index (κ2) is 10.2. The van der Waals surface area contributed by atoms with Gasteiger partial charge in [-0.1, -0.05) is 24.3 Å². The number of aliphatic hydroxyl groups is 1. The summed E-state index contributed by atoms with van der Waals surface area (Å²) in [6.45, 7) is 0.934. The summed E-state index contributed by atoms with van der Waals surface area (Å²) in [7, 11) is -2.27. The molecule has 2 aromatic carbocycles. The summed E-state index contributed by atoms with van der Waals surface area (Å²) in [6, 6.07) is 13.7. The molecule has 0 aromatic heterocycles.